The van der Waals surface area contributed by atoms with Crippen molar-refractivity contribution in [2.45, 2.75) is 32.4 Å². The van der Waals surface area contributed by atoms with Crippen molar-refractivity contribution >= 4 is 29.1 Å². The molecule has 1 saturated heterocycles. The summed E-state index contributed by atoms with van der Waals surface area (Å²) in [6.07, 6.45) is 1.30. The summed E-state index contributed by atoms with van der Waals surface area (Å²) in [7, 11) is 0. The summed E-state index contributed by atoms with van der Waals surface area (Å²) in [6.45, 7) is 3.68. The first kappa shape index (κ1) is 24.9. The van der Waals surface area contributed by atoms with Gasteiger partial charge in [0.15, 0.2) is 0 Å². The largest absolute Gasteiger partial charge is 0.345 e. The van der Waals surface area contributed by atoms with Crippen molar-refractivity contribution in [3.63, 3.8) is 0 Å². The molecule has 35 heavy (non-hydrogen) atoms. The number of amides is 2. The van der Waals surface area contributed by atoms with Crippen LogP contribution in [0.4, 0.5) is 10.1 Å². The zero-order valence-electron chi connectivity index (χ0n) is 19.6. The van der Waals surface area contributed by atoms with Gasteiger partial charge >= 0.3 is 0 Å². The van der Waals surface area contributed by atoms with E-state index in [1.165, 1.54) is 6.07 Å². The molecule has 2 N–H and O–H groups in total. The lowest BCUT2D eigenvalue weighted by Gasteiger charge is -2.31. The molecule has 4 rings (SSSR count). The number of rotatable bonds is 7. The summed E-state index contributed by atoms with van der Waals surface area (Å²) in [5, 5.41) is 6.38. The van der Waals surface area contributed by atoms with Gasteiger partial charge in [0.1, 0.15) is 5.82 Å². The van der Waals surface area contributed by atoms with Gasteiger partial charge in [-0.1, -0.05) is 60.1 Å². The van der Waals surface area contributed by atoms with Crippen LogP contribution in [0, 0.1) is 11.7 Å². The number of hydrogen-bond acceptors (Lipinski definition) is 3. The second kappa shape index (κ2) is 11.5. The van der Waals surface area contributed by atoms with Crippen LogP contribution in [0.2, 0.25) is 5.02 Å². The van der Waals surface area contributed by atoms with Crippen molar-refractivity contribution < 1.29 is 14.0 Å². The van der Waals surface area contributed by atoms with Crippen molar-refractivity contribution in [2.24, 2.45) is 5.92 Å². The van der Waals surface area contributed by atoms with Crippen molar-refractivity contribution in [3.05, 3.63) is 100 Å². The topological polar surface area (TPSA) is 61.4 Å². The predicted molar refractivity (Wildman–Crippen MR) is 137 cm³/mol. The van der Waals surface area contributed by atoms with Crippen LogP contribution in [0.25, 0.3) is 0 Å². The monoisotopic (exact) mass is 493 g/mol. The Morgan fingerprint density at radius 1 is 1.00 bits per heavy atom. The molecule has 1 aliphatic rings. The number of halogens is 2. The molecule has 0 unspecified atom stereocenters. The standard InChI is InChI=1S/C28H29ClFN3O2/c1-19(20-8-3-2-4-9-20)31-28(35)22-10-5-6-13-26(22)32-27(34)21-14-16-33(17-15-21)18-23-24(29)11-7-12-25(23)30/h2-13,19,21H,14-18H2,1H3,(H,31,35)(H,32,34)/t19-/m0/s1. The van der Waals surface area contributed by atoms with E-state index in [9.17, 15) is 14.0 Å². The number of anilines is 1. The number of benzene rings is 3. The van der Waals surface area contributed by atoms with E-state index in [2.05, 4.69) is 15.5 Å². The lowest BCUT2D eigenvalue weighted by molar-refractivity contribution is -0.121. The Kier molecular flexibility index (Phi) is 8.16. The van der Waals surface area contributed by atoms with Crippen LogP contribution < -0.4 is 10.6 Å². The zero-order valence-corrected chi connectivity index (χ0v) is 20.4. The molecule has 1 fully saturated rings. The van der Waals surface area contributed by atoms with Gasteiger partial charge in [-0.25, -0.2) is 4.39 Å². The van der Waals surface area contributed by atoms with E-state index in [0.717, 1.165) is 5.56 Å². The molecule has 0 bridgehead atoms. The minimum Gasteiger partial charge on any atom is -0.345 e. The van der Waals surface area contributed by atoms with E-state index in [4.69, 9.17) is 11.6 Å². The van der Waals surface area contributed by atoms with Crippen LogP contribution in [-0.4, -0.2) is 29.8 Å². The fraction of sp³-hybridized carbons (Fsp3) is 0.286. The van der Waals surface area contributed by atoms with Crippen LogP contribution in [0.15, 0.2) is 72.8 Å². The highest BCUT2D eigenvalue weighted by atomic mass is 35.5. The lowest BCUT2D eigenvalue weighted by atomic mass is 9.95. The van der Waals surface area contributed by atoms with Crippen LogP contribution >= 0.6 is 11.6 Å². The molecule has 2 amide bonds. The fourth-order valence-electron chi connectivity index (χ4n) is 4.38. The van der Waals surface area contributed by atoms with Crippen LogP contribution in [0.3, 0.4) is 0 Å². The summed E-state index contributed by atoms with van der Waals surface area (Å²) in [4.78, 5) is 28.1. The number of hydrogen-bond donors (Lipinski definition) is 2. The quantitative estimate of drug-likeness (QED) is 0.436. The Bertz CT molecular complexity index is 1160. The fourth-order valence-corrected chi connectivity index (χ4v) is 4.61. The molecule has 0 spiro atoms. The van der Waals surface area contributed by atoms with Crippen molar-refractivity contribution in [2.75, 3.05) is 18.4 Å². The number of nitrogens with one attached hydrogen (secondary N) is 2. The number of nitrogens with zero attached hydrogens (tertiary/aromatic N) is 1. The van der Waals surface area contributed by atoms with Crippen molar-refractivity contribution in [3.8, 4) is 0 Å². The van der Waals surface area contributed by atoms with Gasteiger partial charge in [-0.15, -0.1) is 0 Å². The van der Waals surface area contributed by atoms with Gasteiger partial charge in [-0.3, -0.25) is 14.5 Å². The minimum atomic E-state index is -0.311. The Hall–Kier alpha value is -3.22. The van der Waals surface area contributed by atoms with Crippen molar-refractivity contribution in [1.29, 1.82) is 0 Å². The van der Waals surface area contributed by atoms with Crippen molar-refractivity contribution in [1.82, 2.24) is 10.2 Å². The first-order valence-electron chi connectivity index (χ1n) is 11.8. The number of carbonyl (C=O) groups excluding carboxylic acids is 2. The molecule has 7 heteroatoms. The number of carbonyl (C=O) groups is 2. The van der Waals surface area contributed by atoms with E-state index in [1.807, 2.05) is 37.3 Å². The molecule has 182 valence electrons. The van der Waals surface area contributed by atoms with Gasteiger partial charge < -0.3 is 10.6 Å². The van der Waals surface area contributed by atoms with Gasteiger partial charge in [0.2, 0.25) is 5.91 Å². The third kappa shape index (κ3) is 6.27. The van der Waals surface area contributed by atoms with E-state index >= 15 is 0 Å². The van der Waals surface area contributed by atoms with Crippen LogP contribution in [-0.2, 0) is 11.3 Å². The Labute approximate surface area is 210 Å². The molecular formula is C28H29ClFN3O2. The van der Waals surface area contributed by atoms with Crippen LogP contribution in [0.1, 0.15) is 47.3 Å². The van der Waals surface area contributed by atoms with Gasteiger partial charge in [0.05, 0.1) is 17.3 Å². The molecule has 0 aromatic heterocycles. The lowest BCUT2D eigenvalue weighted by Crippen LogP contribution is -2.38. The smallest absolute Gasteiger partial charge is 0.253 e. The summed E-state index contributed by atoms with van der Waals surface area (Å²) in [6, 6.07) is 21.3. The summed E-state index contributed by atoms with van der Waals surface area (Å²) >= 11 is 6.16. The van der Waals surface area contributed by atoms with E-state index < -0.39 is 0 Å². The SMILES string of the molecule is C[C@H](NC(=O)c1ccccc1NC(=O)C1CCN(Cc2c(F)cccc2Cl)CC1)c1ccccc1. The Balaban J connectivity index is 1.35. The number of para-hydroxylation sites is 1. The maximum atomic E-state index is 14.1. The highest BCUT2D eigenvalue weighted by Crippen LogP contribution is 2.26. The molecule has 0 radical (unpaired) electrons. The normalized spacial score (nSPS) is 15.4. The molecule has 3 aromatic carbocycles. The Morgan fingerprint density at radius 2 is 1.69 bits per heavy atom. The predicted octanol–water partition coefficient (Wildman–Crippen LogP) is 5.82. The van der Waals surface area contributed by atoms with Gasteiger partial charge in [-0.2, -0.15) is 0 Å². The first-order chi connectivity index (χ1) is 16.9. The summed E-state index contributed by atoms with van der Waals surface area (Å²) in [5.41, 5.74) is 2.42. The molecular weight excluding hydrogens is 465 g/mol. The Morgan fingerprint density at radius 3 is 2.40 bits per heavy atom. The average molecular weight is 494 g/mol. The summed E-state index contributed by atoms with van der Waals surface area (Å²) < 4.78 is 14.1. The van der Waals surface area contributed by atoms with E-state index in [0.29, 0.717) is 54.3 Å². The zero-order chi connectivity index (χ0) is 24.8. The summed E-state index contributed by atoms with van der Waals surface area (Å²) in [5.74, 6) is -0.839. The van der Waals surface area contributed by atoms with E-state index in [-0.39, 0.29) is 29.6 Å². The first-order valence-corrected chi connectivity index (χ1v) is 12.2. The van der Waals surface area contributed by atoms with Gasteiger partial charge in [0, 0.05) is 23.0 Å². The average Bonchev–Trinajstić information content (AvgIpc) is 2.87. The third-order valence-electron chi connectivity index (χ3n) is 6.48. The molecule has 1 atom stereocenters. The highest BCUT2D eigenvalue weighted by Gasteiger charge is 2.27. The molecule has 0 saturated carbocycles. The molecule has 1 heterocycles. The van der Waals surface area contributed by atoms with Gasteiger partial charge in [-0.05, 0) is 62.7 Å². The molecule has 5 nitrogen and oxygen atoms in total. The van der Waals surface area contributed by atoms with Crippen LogP contribution in [0.5, 0.6) is 0 Å². The second-order valence-electron chi connectivity index (χ2n) is 8.89. The number of piperidine rings is 1. The van der Waals surface area contributed by atoms with Gasteiger partial charge in [0.25, 0.3) is 5.91 Å². The highest BCUT2D eigenvalue weighted by molar-refractivity contribution is 6.31. The number of likely N-dealkylation sites (tertiary alicyclic amines) is 1. The molecule has 0 aliphatic carbocycles. The second-order valence-corrected chi connectivity index (χ2v) is 9.30. The molecule has 1 aliphatic heterocycles. The maximum Gasteiger partial charge on any atom is 0.253 e. The minimum absolute atomic E-state index is 0.107. The maximum absolute atomic E-state index is 14.1. The van der Waals surface area contributed by atoms with E-state index in [1.54, 1.807) is 36.4 Å². The molecule has 3 aromatic rings. The third-order valence-corrected chi connectivity index (χ3v) is 6.83.